The van der Waals surface area contributed by atoms with Crippen LogP contribution in [0.2, 0.25) is 0 Å². The van der Waals surface area contributed by atoms with Crippen molar-refractivity contribution in [3.63, 3.8) is 0 Å². The molecule has 2 atom stereocenters. The molecule has 2 unspecified atom stereocenters. The predicted molar refractivity (Wildman–Crippen MR) is 76.0 cm³/mol. The Labute approximate surface area is 115 Å². The molecule has 4 heteroatoms. The van der Waals surface area contributed by atoms with Crippen molar-refractivity contribution in [3.05, 3.63) is 35.9 Å². The van der Waals surface area contributed by atoms with Gasteiger partial charge in [-0.1, -0.05) is 30.3 Å². The molecule has 1 fully saturated rings. The summed E-state index contributed by atoms with van der Waals surface area (Å²) in [6.07, 6.45) is 2.69. The van der Waals surface area contributed by atoms with E-state index >= 15 is 0 Å². The van der Waals surface area contributed by atoms with Crippen molar-refractivity contribution in [2.24, 2.45) is 0 Å². The molecule has 1 saturated heterocycles. The van der Waals surface area contributed by atoms with Gasteiger partial charge in [-0.25, -0.2) is 0 Å². The van der Waals surface area contributed by atoms with Crippen molar-refractivity contribution in [2.45, 2.75) is 38.3 Å². The average molecular weight is 269 g/mol. The van der Waals surface area contributed by atoms with E-state index in [2.05, 4.69) is 17.6 Å². The normalized spacial score (nSPS) is 22.9. The first-order valence-electron chi connectivity index (χ1n) is 6.32. The van der Waals surface area contributed by atoms with Crippen LogP contribution in [0, 0.1) is 0 Å². The minimum Gasteiger partial charge on any atom is -0.352 e. The second-order valence-corrected chi connectivity index (χ2v) is 4.72. The molecule has 1 amide bonds. The summed E-state index contributed by atoms with van der Waals surface area (Å²) in [5.41, 5.74) is 1.07. The van der Waals surface area contributed by atoms with Gasteiger partial charge in [0.25, 0.3) is 0 Å². The number of carbonyl (C=O) groups excluding carboxylic acids is 1. The second-order valence-electron chi connectivity index (χ2n) is 4.72. The quantitative estimate of drug-likeness (QED) is 0.879. The molecular formula is C14H21ClN2O. The Hall–Kier alpha value is -1.06. The Bertz CT molecular complexity index is 369. The first-order valence-corrected chi connectivity index (χ1v) is 6.32. The van der Waals surface area contributed by atoms with Crippen LogP contribution in [0.3, 0.4) is 0 Å². The summed E-state index contributed by atoms with van der Waals surface area (Å²) in [6.45, 7) is 3.19. The van der Waals surface area contributed by atoms with Gasteiger partial charge < -0.3 is 10.6 Å². The number of carbonyl (C=O) groups is 1. The molecule has 1 aromatic rings. The number of nitrogens with one attached hydrogen (secondary N) is 2. The van der Waals surface area contributed by atoms with Crippen LogP contribution in [0.25, 0.3) is 0 Å². The van der Waals surface area contributed by atoms with Gasteiger partial charge in [0.05, 0.1) is 6.42 Å². The SMILES string of the molecule is CC1NCCCC1NC(=O)Cc1ccccc1.Cl. The summed E-state index contributed by atoms with van der Waals surface area (Å²) in [5, 5.41) is 6.50. The summed E-state index contributed by atoms with van der Waals surface area (Å²) in [4.78, 5) is 11.9. The lowest BCUT2D eigenvalue weighted by atomic mass is 9.99. The zero-order valence-electron chi connectivity index (χ0n) is 10.7. The summed E-state index contributed by atoms with van der Waals surface area (Å²) in [6, 6.07) is 10.5. The van der Waals surface area contributed by atoms with E-state index < -0.39 is 0 Å². The van der Waals surface area contributed by atoms with Crippen LogP contribution in [0.4, 0.5) is 0 Å². The van der Waals surface area contributed by atoms with Gasteiger partial charge in [-0.3, -0.25) is 4.79 Å². The molecule has 100 valence electrons. The largest absolute Gasteiger partial charge is 0.352 e. The van der Waals surface area contributed by atoms with Crippen LogP contribution in [0.1, 0.15) is 25.3 Å². The molecular weight excluding hydrogens is 248 g/mol. The monoisotopic (exact) mass is 268 g/mol. The summed E-state index contributed by atoms with van der Waals surface area (Å²) in [7, 11) is 0. The van der Waals surface area contributed by atoms with E-state index in [1.54, 1.807) is 0 Å². The lowest BCUT2D eigenvalue weighted by Crippen LogP contribution is -2.52. The van der Waals surface area contributed by atoms with Crippen LogP contribution in [0.5, 0.6) is 0 Å². The number of halogens is 1. The minimum atomic E-state index is 0. The van der Waals surface area contributed by atoms with E-state index in [4.69, 9.17) is 0 Å². The first-order chi connectivity index (χ1) is 8.25. The lowest BCUT2D eigenvalue weighted by Gasteiger charge is -2.30. The number of hydrogen-bond donors (Lipinski definition) is 2. The van der Waals surface area contributed by atoms with Crippen molar-refractivity contribution >= 4 is 18.3 Å². The molecule has 2 rings (SSSR count). The molecule has 0 spiro atoms. The Morgan fingerprint density at radius 2 is 2.11 bits per heavy atom. The topological polar surface area (TPSA) is 41.1 Å². The van der Waals surface area contributed by atoms with E-state index in [1.165, 1.54) is 0 Å². The van der Waals surface area contributed by atoms with Gasteiger partial charge in [-0.05, 0) is 31.9 Å². The van der Waals surface area contributed by atoms with Gasteiger partial charge >= 0.3 is 0 Å². The number of benzene rings is 1. The van der Waals surface area contributed by atoms with Crippen molar-refractivity contribution in [1.82, 2.24) is 10.6 Å². The number of rotatable bonds is 3. The number of piperidine rings is 1. The van der Waals surface area contributed by atoms with E-state index in [9.17, 15) is 4.79 Å². The Morgan fingerprint density at radius 3 is 2.78 bits per heavy atom. The van der Waals surface area contributed by atoms with Gasteiger partial charge in [-0.2, -0.15) is 0 Å². The van der Waals surface area contributed by atoms with Crippen molar-refractivity contribution in [2.75, 3.05) is 6.54 Å². The third-order valence-corrected chi connectivity index (χ3v) is 3.32. The summed E-state index contributed by atoms with van der Waals surface area (Å²) >= 11 is 0. The molecule has 0 bridgehead atoms. The van der Waals surface area contributed by atoms with Gasteiger partial charge in [-0.15, -0.1) is 12.4 Å². The van der Waals surface area contributed by atoms with Crippen molar-refractivity contribution in [3.8, 4) is 0 Å². The van der Waals surface area contributed by atoms with E-state index in [0.717, 1.165) is 24.9 Å². The second kappa shape index (κ2) is 7.39. The summed E-state index contributed by atoms with van der Waals surface area (Å²) in [5.74, 6) is 0.122. The van der Waals surface area contributed by atoms with E-state index in [-0.39, 0.29) is 24.4 Å². The average Bonchev–Trinajstić information content (AvgIpc) is 2.33. The van der Waals surface area contributed by atoms with Gasteiger partial charge in [0.2, 0.25) is 5.91 Å². The molecule has 3 nitrogen and oxygen atoms in total. The predicted octanol–water partition coefficient (Wildman–Crippen LogP) is 1.91. The van der Waals surface area contributed by atoms with Crippen molar-refractivity contribution < 1.29 is 4.79 Å². The third-order valence-electron chi connectivity index (χ3n) is 3.32. The van der Waals surface area contributed by atoms with Crippen LogP contribution in [-0.4, -0.2) is 24.5 Å². The van der Waals surface area contributed by atoms with Gasteiger partial charge in [0.15, 0.2) is 0 Å². The maximum Gasteiger partial charge on any atom is 0.224 e. The Kier molecular flexibility index (Phi) is 6.16. The maximum absolute atomic E-state index is 11.9. The molecule has 0 aromatic heterocycles. The molecule has 1 aromatic carbocycles. The molecule has 1 aliphatic heterocycles. The molecule has 18 heavy (non-hydrogen) atoms. The highest BCUT2D eigenvalue weighted by molar-refractivity contribution is 5.85. The van der Waals surface area contributed by atoms with Crippen molar-refractivity contribution in [1.29, 1.82) is 0 Å². The molecule has 1 aliphatic rings. The fraction of sp³-hybridized carbons (Fsp3) is 0.500. The van der Waals surface area contributed by atoms with Gasteiger partial charge in [0, 0.05) is 12.1 Å². The van der Waals surface area contributed by atoms with Crippen LogP contribution in [-0.2, 0) is 11.2 Å². The number of amides is 1. The Morgan fingerprint density at radius 1 is 1.39 bits per heavy atom. The maximum atomic E-state index is 11.9. The fourth-order valence-electron chi connectivity index (χ4n) is 2.28. The highest BCUT2D eigenvalue weighted by Gasteiger charge is 2.22. The standard InChI is InChI=1S/C14H20N2O.ClH/c1-11-13(8-5-9-15-11)16-14(17)10-12-6-3-2-4-7-12;/h2-4,6-7,11,13,15H,5,8-10H2,1H3,(H,16,17);1H. The highest BCUT2D eigenvalue weighted by Crippen LogP contribution is 2.08. The molecule has 0 radical (unpaired) electrons. The van der Waals surface area contributed by atoms with E-state index in [1.807, 2.05) is 30.3 Å². The lowest BCUT2D eigenvalue weighted by molar-refractivity contribution is -0.121. The Balaban J connectivity index is 0.00000162. The molecule has 0 saturated carbocycles. The van der Waals surface area contributed by atoms with Crippen LogP contribution >= 0.6 is 12.4 Å². The zero-order valence-corrected chi connectivity index (χ0v) is 11.5. The zero-order chi connectivity index (χ0) is 12.1. The first kappa shape index (κ1) is 15.0. The molecule has 1 heterocycles. The molecule has 2 N–H and O–H groups in total. The summed E-state index contributed by atoms with van der Waals surface area (Å²) < 4.78 is 0. The van der Waals surface area contributed by atoms with Crippen LogP contribution in [0.15, 0.2) is 30.3 Å². The fourth-order valence-corrected chi connectivity index (χ4v) is 2.28. The molecule has 0 aliphatic carbocycles. The third kappa shape index (κ3) is 4.31. The number of hydrogen-bond acceptors (Lipinski definition) is 2. The van der Waals surface area contributed by atoms with Gasteiger partial charge in [0.1, 0.15) is 0 Å². The smallest absolute Gasteiger partial charge is 0.224 e. The highest BCUT2D eigenvalue weighted by atomic mass is 35.5. The minimum absolute atomic E-state index is 0. The van der Waals surface area contributed by atoms with E-state index in [0.29, 0.717) is 12.5 Å². The van der Waals surface area contributed by atoms with Crippen LogP contribution < -0.4 is 10.6 Å².